The lowest BCUT2D eigenvalue weighted by Gasteiger charge is -2.01. The van der Waals surface area contributed by atoms with E-state index < -0.39 is 11.8 Å². The lowest BCUT2D eigenvalue weighted by molar-refractivity contribution is 0.0606. The summed E-state index contributed by atoms with van der Waals surface area (Å²) in [6, 6.07) is 3.84. The largest absolute Gasteiger partial charge is 0.465 e. The van der Waals surface area contributed by atoms with Gasteiger partial charge in [0.05, 0.1) is 12.1 Å². The molecule has 0 fully saturated rings. The van der Waals surface area contributed by atoms with Gasteiger partial charge in [-0.3, -0.25) is 0 Å². The van der Waals surface area contributed by atoms with Crippen LogP contribution in [-0.2, 0) is 4.74 Å². The minimum absolute atomic E-state index is 0.0138. The Morgan fingerprint density at radius 3 is 2.79 bits per heavy atom. The second kappa shape index (κ2) is 5.73. The van der Waals surface area contributed by atoms with Gasteiger partial charge in [0.15, 0.2) is 10.0 Å². The van der Waals surface area contributed by atoms with Gasteiger partial charge in [0, 0.05) is 6.07 Å². The summed E-state index contributed by atoms with van der Waals surface area (Å²) in [5, 5.41) is 0.0430. The number of rotatable bonds is 3. The van der Waals surface area contributed by atoms with Crippen LogP contribution in [0.25, 0.3) is 0 Å². The number of ether oxygens (including phenoxy) is 2. The molecule has 0 atom stereocenters. The molecule has 0 saturated carbocycles. The van der Waals surface area contributed by atoms with Gasteiger partial charge in [0.1, 0.15) is 11.6 Å². The maximum atomic E-state index is 13.0. The number of nitrogens with zero attached hydrogens (tertiary/aromatic N) is 1. The average molecular weight is 322 g/mol. The molecule has 2 aromatic rings. The minimum atomic E-state index is -0.602. The van der Waals surface area contributed by atoms with Crippen molar-refractivity contribution in [3.63, 3.8) is 0 Å². The summed E-state index contributed by atoms with van der Waals surface area (Å²) < 4.78 is 22.8. The first-order valence-corrected chi connectivity index (χ1v) is 6.46. The van der Waals surface area contributed by atoms with Crippen LogP contribution in [0.15, 0.2) is 18.2 Å². The Morgan fingerprint density at radius 2 is 2.16 bits per heavy atom. The number of hydrogen-bond acceptors (Lipinski definition) is 5. The van der Waals surface area contributed by atoms with E-state index >= 15 is 0 Å². The van der Waals surface area contributed by atoms with Crippen LogP contribution < -0.4 is 4.74 Å². The zero-order valence-corrected chi connectivity index (χ0v) is 11.8. The molecule has 2 rings (SSSR count). The van der Waals surface area contributed by atoms with Gasteiger partial charge in [-0.05, 0) is 12.1 Å². The van der Waals surface area contributed by atoms with Crippen LogP contribution in [-0.4, -0.2) is 18.1 Å². The second-order valence-electron chi connectivity index (χ2n) is 3.27. The normalized spacial score (nSPS) is 10.3. The van der Waals surface area contributed by atoms with Crippen molar-refractivity contribution in [1.29, 1.82) is 0 Å². The van der Waals surface area contributed by atoms with Crippen LogP contribution in [0.4, 0.5) is 4.39 Å². The molecule has 19 heavy (non-hydrogen) atoms. The summed E-state index contributed by atoms with van der Waals surface area (Å²) in [4.78, 5) is 15.3. The standard InChI is InChI=1S/C11H6Cl2FNO3S/c1-17-10(16)8-9(13)15-11(19-8)18-5-2-3-7(14)6(12)4-5/h2-4H,1H3. The van der Waals surface area contributed by atoms with Gasteiger partial charge in [0.25, 0.3) is 5.19 Å². The highest BCUT2D eigenvalue weighted by Gasteiger charge is 2.18. The monoisotopic (exact) mass is 321 g/mol. The van der Waals surface area contributed by atoms with Crippen molar-refractivity contribution in [3.05, 3.63) is 39.1 Å². The van der Waals surface area contributed by atoms with E-state index in [0.717, 1.165) is 17.4 Å². The lowest BCUT2D eigenvalue weighted by atomic mass is 10.3. The number of aromatic nitrogens is 1. The van der Waals surface area contributed by atoms with Gasteiger partial charge in [0.2, 0.25) is 0 Å². The second-order valence-corrected chi connectivity index (χ2v) is 5.00. The molecule has 0 amide bonds. The SMILES string of the molecule is COC(=O)c1sc(Oc2ccc(F)c(Cl)c2)nc1Cl. The Morgan fingerprint density at radius 1 is 1.42 bits per heavy atom. The third-order valence-electron chi connectivity index (χ3n) is 2.03. The molecule has 8 heteroatoms. The first-order valence-electron chi connectivity index (χ1n) is 4.89. The molecule has 0 spiro atoms. The lowest BCUT2D eigenvalue weighted by Crippen LogP contribution is -1.98. The Bertz CT molecular complexity index is 632. The van der Waals surface area contributed by atoms with E-state index in [2.05, 4.69) is 9.72 Å². The first-order chi connectivity index (χ1) is 9.01. The summed E-state index contributed by atoms with van der Waals surface area (Å²) in [6.45, 7) is 0. The molecular formula is C11H6Cl2FNO3S. The smallest absolute Gasteiger partial charge is 0.351 e. The van der Waals surface area contributed by atoms with Crippen LogP contribution in [0, 0.1) is 5.82 Å². The Balaban J connectivity index is 2.24. The molecule has 1 heterocycles. The highest BCUT2D eigenvalue weighted by atomic mass is 35.5. The number of halogens is 3. The van der Waals surface area contributed by atoms with E-state index in [1.165, 1.54) is 19.2 Å². The fraction of sp³-hybridized carbons (Fsp3) is 0.0909. The van der Waals surface area contributed by atoms with Gasteiger partial charge >= 0.3 is 5.97 Å². The van der Waals surface area contributed by atoms with Crippen molar-refractivity contribution in [2.45, 2.75) is 0 Å². The molecule has 0 aliphatic rings. The average Bonchev–Trinajstić information content (AvgIpc) is 2.74. The third kappa shape index (κ3) is 3.15. The number of hydrogen-bond donors (Lipinski definition) is 0. The van der Waals surface area contributed by atoms with Crippen LogP contribution in [0.5, 0.6) is 10.9 Å². The first kappa shape index (κ1) is 14.0. The van der Waals surface area contributed by atoms with Crippen LogP contribution in [0.2, 0.25) is 10.2 Å². The molecule has 4 nitrogen and oxygen atoms in total. The van der Waals surface area contributed by atoms with E-state index in [0.29, 0.717) is 0 Å². The molecule has 1 aromatic heterocycles. The predicted molar refractivity (Wildman–Crippen MR) is 69.9 cm³/mol. The zero-order valence-electron chi connectivity index (χ0n) is 9.45. The van der Waals surface area contributed by atoms with Crippen molar-refractivity contribution in [2.24, 2.45) is 0 Å². The van der Waals surface area contributed by atoms with Crippen LogP contribution in [0.1, 0.15) is 9.67 Å². The zero-order chi connectivity index (χ0) is 14.0. The van der Waals surface area contributed by atoms with E-state index in [9.17, 15) is 9.18 Å². The quantitative estimate of drug-likeness (QED) is 0.796. The molecule has 0 aliphatic heterocycles. The van der Waals surface area contributed by atoms with Crippen molar-refractivity contribution in [2.75, 3.05) is 7.11 Å². The predicted octanol–water partition coefficient (Wildman–Crippen LogP) is 4.17. The topological polar surface area (TPSA) is 48.4 Å². The van der Waals surface area contributed by atoms with Gasteiger partial charge < -0.3 is 9.47 Å². The van der Waals surface area contributed by atoms with Gasteiger partial charge in [-0.1, -0.05) is 34.5 Å². The maximum absolute atomic E-state index is 13.0. The molecule has 0 unspecified atom stereocenters. The van der Waals surface area contributed by atoms with E-state index in [4.69, 9.17) is 27.9 Å². The molecule has 0 aliphatic carbocycles. The highest BCUT2D eigenvalue weighted by molar-refractivity contribution is 7.15. The number of methoxy groups -OCH3 is 1. The Labute approximate surface area is 121 Å². The number of thiazole rings is 1. The summed E-state index contributed by atoms with van der Waals surface area (Å²) in [6.07, 6.45) is 0. The van der Waals surface area contributed by atoms with E-state index in [1.807, 2.05) is 0 Å². The molecule has 0 saturated heterocycles. The number of esters is 1. The molecule has 1 aromatic carbocycles. The fourth-order valence-electron chi connectivity index (χ4n) is 1.19. The Kier molecular flexibility index (Phi) is 4.24. The third-order valence-corrected chi connectivity index (χ3v) is 3.62. The van der Waals surface area contributed by atoms with Crippen molar-refractivity contribution in [3.8, 4) is 10.9 Å². The van der Waals surface area contributed by atoms with Crippen molar-refractivity contribution < 1.29 is 18.7 Å². The number of benzene rings is 1. The maximum Gasteiger partial charge on any atom is 0.351 e. The van der Waals surface area contributed by atoms with Crippen LogP contribution >= 0.6 is 34.5 Å². The summed E-state index contributed by atoms with van der Waals surface area (Å²) in [5.41, 5.74) is 0. The van der Waals surface area contributed by atoms with Gasteiger partial charge in [-0.2, -0.15) is 4.98 Å². The summed E-state index contributed by atoms with van der Waals surface area (Å²) in [5.74, 6) is -0.871. The summed E-state index contributed by atoms with van der Waals surface area (Å²) in [7, 11) is 1.23. The van der Waals surface area contributed by atoms with E-state index in [1.54, 1.807) is 0 Å². The molecule has 100 valence electrons. The molecule has 0 N–H and O–H groups in total. The molecule has 0 bridgehead atoms. The van der Waals surface area contributed by atoms with Crippen LogP contribution in [0.3, 0.4) is 0 Å². The van der Waals surface area contributed by atoms with Gasteiger partial charge in [-0.15, -0.1) is 0 Å². The minimum Gasteiger partial charge on any atom is -0.465 e. The Hall–Kier alpha value is -1.37. The molecule has 0 radical (unpaired) electrons. The van der Waals surface area contributed by atoms with Crippen molar-refractivity contribution >= 4 is 40.5 Å². The number of carbonyl (C=O) groups excluding carboxylic acids is 1. The number of carbonyl (C=O) groups is 1. The summed E-state index contributed by atoms with van der Waals surface area (Å²) >= 11 is 12.3. The fourth-order valence-corrected chi connectivity index (χ4v) is 2.42. The van der Waals surface area contributed by atoms with E-state index in [-0.39, 0.29) is 26.0 Å². The highest BCUT2D eigenvalue weighted by Crippen LogP contribution is 2.33. The molecular weight excluding hydrogens is 316 g/mol. The van der Waals surface area contributed by atoms with Gasteiger partial charge in [-0.25, -0.2) is 9.18 Å². The van der Waals surface area contributed by atoms with Crippen molar-refractivity contribution in [1.82, 2.24) is 4.98 Å².